The van der Waals surface area contributed by atoms with E-state index in [1.54, 1.807) is 0 Å². The summed E-state index contributed by atoms with van der Waals surface area (Å²) in [4.78, 5) is 41.5. The number of fused-ring (bicyclic) bond motifs is 1. The highest BCUT2D eigenvalue weighted by Crippen LogP contribution is 2.24. The average Bonchev–Trinajstić information content (AvgIpc) is 3.21. The Labute approximate surface area is 173 Å². The molecule has 0 unspecified atom stereocenters. The monoisotopic (exact) mass is 425 g/mol. The van der Waals surface area contributed by atoms with Gasteiger partial charge in [0.05, 0.1) is 22.4 Å². The van der Waals surface area contributed by atoms with Crippen molar-refractivity contribution in [3.05, 3.63) is 58.4 Å². The summed E-state index contributed by atoms with van der Waals surface area (Å²) in [5, 5.41) is 0. The van der Waals surface area contributed by atoms with Gasteiger partial charge in [0.2, 0.25) is 11.8 Å². The van der Waals surface area contributed by atoms with Gasteiger partial charge < -0.3 is 4.57 Å². The molecule has 1 aliphatic rings. The molecule has 1 fully saturated rings. The van der Waals surface area contributed by atoms with Crippen molar-refractivity contribution >= 4 is 45.0 Å². The molecular weight excluding hydrogens is 412 g/mol. The van der Waals surface area contributed by atoms with Crippen LogP contribution in [0.3, 0.4) is 0 Å². The smallest absolute Gasteiger partial charge is 0.279 e. The first-order valence-electron chi connectivity index (χ1n) is 8.86. The van der Waals surface area contributed by atoms with Gasteiger partial charge in [-0.25, -0.2) is 8.78 Å². The minimum absolute atomic E-state index is 0.0488. The van der Waals surface area contributed by atoms with E-state index in [-0.39, 0.29) is 51.8 Å². The fourth-order valence-electron chi connectivity index (χ4n) is 3.22. The molecule has 6 nitrogen and oxygen atoms in total. The molecule has 2 aromatic carbocycles. The van der Waals surface area contributed by atoms with E-state index in [9.17, 15) is 23.2 Å². The van der Waals surface area contributed by atoms with Gasteiger partial charge in [-0.2, -0.15) is 4.99 Å². The van der Waals surface area contributed by atoms with Gasteiger partial charge in [0.25, 0.3) is 5.91 Å². The average molecular weight is 425 g/mol. The van der Waals surface area contributed by atoms with Crippen LogP contribution in [0.1, 0.15) is 23.2 Å². The number of imide groups is 1. The van der Waals surface area contributed by atoms with Crippen LogP contribution in [0, 0.1) is 24.0 Å². The van der Waals surface area contributed by atoms with Gasteiger partial charge in [-0.1, -0.05) is 17.3 Å². The topological polar surface area (TPSA) is 71.7 Å². The quantitative estimate of drug-likeness (QED) is 0.478. The highest BCUT2D eigenvalue weighted by molar-refractivity contribution is 7.16. The molecule has 1 saturated heterocycles. The molecule has 1 aliphatic heterocycles. The summed E-state index contributed by atoms with van der Waals surface area (Å²) in [6.07, 6.45) is 5.67. The summed E-state index contributed by atoms with van der Waals surface area (Å²) < 4.78 is 29.4. The van der Waals surface area contributed by atoms with Crippen molar-refractivity contribution < 1.29 is 23.2 Å². The van der Waals surface area contributed by atoms with Gasteiger partial charge in [-0.05, 0) is 30.3 Å². The molecule has 4 rings (SSSR count). The number of halogens is 2. The molecule has 2 heterocycles. The number of nitrogens with zero attached hydrogens (tertiary/aromatic N) is 3. The highest BCUT2D eigenvalue weighted by Gasteiger charge is 2.30. The van der Waals surface area contributed by atoms with E-state index < -0.39 is 17.5 Å². The van der Waals surface area contributed by atoms with Crippen molar-refractivity contribution in [3.63, 3.8) is 0 Å². The lowest BCUT2D eigenvalue weighted by atomic mass is 10.2. The van der Waals surface area contributed by atoms with E-state index in [2.05, 4.69) is 10.9 Å². The number of thiazole rings is 1. The first-order valence-corrected chi connectivity index (χ1v) is 9.67. The first-order chi connectivity index (χ1) is 14.4. The van der Waals surface area contributed by atoms with E-state index in [1.165, 1.54) is 28.8 Å². The van der Waals surface area contributed by atoms with Gasteiger partial charge in [0.15, 0.2) is 10.6 Å². The number of amides is 3. The molecule has 9 heteroatoms. The molecule has 0 N–H and O–H groups in total. The number of hydrogen-bond donors (Lipinski definition) is 0. The summed E-state index contributed by atoms with van der Waals surface area (Å²) in [5.41, 5.74) is 0.655. The number of anilines is 1. The first kappa shape index (κ1) is 19.7. The fourth-order valence-corrected chi connectivity index (χ4v) is 4.29. The predicted octanol–water partition coefficient (Wildman–Crippen LogP) is 3.01. The van der Waals surface area contributed by atoms with Crippen molar-refractivity contribution in [2.24, 2.45) is 4.99 Å². The van der Waals surface area contributed by atoms with E-state index in [0.29, 0.717) is 5.69 Å². The van der Waals surface area contributed by atoms with Crippen LogP contribution in [-0.2, 0) is 16.1 Å². The standard InChI is InChI=1S/C21H13F2N3O3S/c1-2-9-25-19-15(23)10-13(22)11-16(19)30-21(25)24-20(29)12-3-5-14(6-4-12)26-17(27)7-8-18(26)28/h1,3-6,10-11H,7-9H2. The van der Waals surface area contributed by atoms with Crippen LogP contribution in [0.5, 0.6) is 0 Å². The molecule has 30 heavy (non-hydrogen) atoms. The van der Waals surface area contributed by atoms with Crippen molar-refractivity contribution in [2.75, 3.05) is 4.90 Å². The van der Waals surface area contributed by atoms with Gasteiger partial charge in [0.1, 0.15) is 5.82 Å². The predicted molar refractivity (Wildman–Crippen MR) is 107 cm³/mol. The summed E-state index contributed by atoms with van der Waals surface area (Å²) in [7, 11) is 0. The second-order valence-corrected chi connectivity index (χ2v) is 7.51. The molecule has 0 aliphatic carbocycles. The van der Waals surface area contributed by atoms with E-state index >= 15 is 0 Å². The summed E-state index contributed by atoms with van der Waals surface area (Å²) >= 11 is 0.942. The third-order valence-electron chi connectivity index (χ3n) is 4.57. The van der Waals surface area contributed by atoms with Gasteiger partial charge in [-0.3, -0.25) is 19.3 Å². The Kier molecular flexibility index (Phi) is 5.01. The zero-order chi connectivity index (χ0) is 21.4. The molecule has 3 aromatic rings. The number of rotatable bonds is 3. The van der Waals surface area contributed by atoms with Crippen LogP contribution in [0.15, 0.2) is 41.4 Å². The number of carbonyl (C=O) groups is 3. The van der Waals surface area contributed by atoms with Gasteiger partial charge in [-0.15, -0.1) is 6.42 Å². The number of carbonyl (C=O) groups excluding carboxylic acids is 3. The summed E-state index contributed by atoms with van der Waals surface area (Å²) in [5.74, 6) is -0.378. The van der Waals surface area contributed by atoms with Crippen LogP contribution >= 0.6 is 11.3 Å². The Morgan fingerprint density at radius 1 is 1.13 bits per heavy atom. The maximum Gasteiger partial charge on any atom is 0.279 e. The zero-order valence-corrected chi connectivity index (χ0v) is 16.2. The highest BCUT2D eigenvalue weighted by atomic mass is 32.1. The van der Waals surface area contributed by atoms with Crippen molar-refractivity contribution in [1.82, 2.24) is 4.57 Å². The number of terminal acetylenes is 1. The number of benzene rings is 2. The lowest BCUT2D eigenvalue weighted by molar-refractivity contribution is -0.121. The summed E-state index contributed by atoms with van der Waals surface area (Å²) in [6.45, 7) is -0.0488. The third-order valence-corrected chi connectivity index (χ3v) is 5.59. The molecule has 0 bridgehead atoms. The van der Waals surface area contributed by atoms with Crippen molar-refractivity contribution in [3.8, 4) is 12.3 Å². The SMILES string of the molecule is C#CCn1c(=NC(=O)c2ccc(N3C(=O)CCC3=O)cc2)sc2cc(F)cc(F)c21. The van der Waals surface area contributed by atoms with Crippen molar-refractivity contribution in [1.29, 1.82) is 0 Å². The number of hydrogen-bond acceptors (Lipinski definition) is 4. The van der Waals surface area contributed by atoms with Crippen LogP contribution in [0.4, 0.5) is 14.5 Å². The molecule has 3 amide bonds. The van der Waals surface area contributed by atoms with Crippen molar-refractivity contribution in [2.45, 2.75) is 19.4 Å². The number of aromatic nitrogens is 1. The molecular formula is C21H13F2N3O3S. The molecule has 150 valence electrons. The Bertz CT molecular complexity index is 1300. The largest absolute Gasteiger partial charge is 0.302 e. The van der Waals surface area contributed by atoms with E-state index in [0.717, 1.165) is 28.4 Å². The summed E-state index contributed by atoms with van der Waals surface area (Å²) in [6, 6.07) is 7.75. The molecule has 0 spiro atoms. The second kappa shape index (κ2) is 7.65. The zero-order valence-electron chi connectivity index (χ0n) is 15.4. The minimum Gasteiger partial charge on any atom is -0.302 e. The minimum atomic E-state index is -0.797. The lowest BCUT2D eigenvalue weighted by Gasteiger charge is -2.13. The Hall–Kier alpha value is -3.64. The molecule has 0 radical (unpaired) electrons. The fraction of sp³-hybridized carbons (Fsp3) is 0.143. The van der Waals surface area contributed by atoms with Crippen LogP contribution < -0.4 is 9.70 Å². The van der Waals surface area contributed by atoms with Crippen LogP contribution in [-0.4, -0.2) is 22.3 Å². The van der Waals surface area contributed by atoms with Gasteiger partial charge >= 0.3 is 0 Å². The maximum atomic E-state index is 14.3. The van der Waals surface area contributed by atoms with Gasteiger partial charge in [0, 0.05) is 24.5 Å². The second-order valence-electron chi connectivity index (χ2n) is 6.50. The van der Waals surface area contributed by atoms with Crippen LogP contribution in [0.2, 0.25) is 0 Å². The van der Waals surface area contributed by atoms with E-state index in [4.69, 9.17) is 6.42 Å². The normalized spacial score (nSPS) is 14.6. The Morgan fingerprint density at radius 3 is 2.43 bits per heavy atom. The molecule has 0 atom stereocenters. The Morgan fingerprint density at radius 2 is 1.80 bits per heavy atom. The van der Waals surface area contributed by atoms with Crippen LogP contribution in [0.25, 0.3) is 10.2 Å². The Balaban J connectivity index is 1.72. The van der Waals surface area contributed by atoms with E-state index in [1.807, 2.05) is 0 Å². The lowest BCUT2D eigenvalue weighted by Crippen LogP contribution is -2.28. The third kappa shape index (κ3) is 3.42. The molecule has 0 saturated carbocycles. The molecule has 1 aromatic heterocycles. The maximum absolute atomic E-state index is 14.3.